The van der Waals surface area contributed by atoms with E-state index < -0.39 is 5.97 Å². The van der Waals surface area contributed by atoms with Gasteiger partial charge in [0.05, 0.1) is 6.42 Å². The van der Waals surface area contributed by atoms with E-state index >= 15 is 0 Å². The van der Waals surface area contributed by atoms with E-state index in [9.17, 15) is 9.59 Å². The Bertz CT molecular complexity index is 599. The van der Waals surface area contributed by atoms with Crippen LogP contribution in [0.25, 0.3) is 10.8 Å². The second-order valence-electron chi connectivity index (χ2n) is 3.94. The van der Waals surface area contributed by atoms with Gasteiger partial charge >= 0.3 is 5.97 Å². The summed E-state index contributed by atoms with van der Waals surface area (Å²) in [6.45, 7) is 1.45. The van der Waals surface area contributed by atoms with Crippen LogP contribution in [0.5, 0.6) is 0 Å². The molecule has 0 aliphatic rings. The van der Waals surface area contributed by atoms with Crippen LogP contribution in [0, 0.1) is 0 Å². The van der Waals surface area contributed by atoms with Crippen LogP contribution < -0.4 is 0 Å². The maximum Gasteiger partial charge on any atom is 0.307 e. The Kier molecular flexibility index (Phi) is 2.91. The van der Waals surface area contributed by atoms with Crippen molar-refractivity contribution in [2.45, 2.75) is 13.3 Å². The van der Waals surface area contributed by atoms with Crippen LogP contribution in [0.2, 0.25) is 0 Å². The van der Waals surface area contributed by atoms with E-state index in [-0.39, 0.29) is 12.2 Å². The Hall–Kier alpha value is -2.16. The molecule has 0 bridgehead atoms. The summed E-state index contributed by atoms with van der Waals surface area (Å²) in [6.07, 6.45) is -0.129. The number of benzene rings is 2. The fourth-order valence-corrected chi connectivity index (χ4v) is 2.01. The molecular formula is C14H12O3. The number of hydrogen-bond acceptors (Lipinski definition) is 2. The third kappa shape index (κ3) is 2.18. The topological polar surface area (TPSA) is 54.4 Å². The molecule has 0 saturated carbocycles. The number of ketones is 1. The van der Waals surface area contributed by atoms with Gasteiger partial charge in [-0.05, 0) is 23.3 Å². The van der Waals surface area contributed by atoms with E-state index in [1.807, 2.05) is 30.3 Å². The summed E-state index contributed by atoms with van der Waals surface area (Å²) < 4.78 is 0. The van der Waals surface area contributed by atoms with E-state index in [2.05, 4.69) is 0 Å². The first-order valence-corrected chi connectivity index (χ1v) is 5.33. The zero-order valence-corrected chi connectivity index (χ0v) is 9.43. The number of carbonyl (C=O) groups excluding carboxylic acids is 1. The number of aliphatic carboxylic acids is 1. The highest BCUT2D eigenvalue weighted by atomic mass is 16.4. The minimum atomic E-state index is -0.927. The van der Waals surface area contributed by atoms with Crippen molar-refractivity contribution in [3.05, 3.63) is 47.5 Å². The van der Waals surface area contributed by atoms with Gasteiger partial charge < -0.3 is 5.11 Å². The Morgan fingerprint density at radius 2 is 1.82 bits per heavy atom. The van der Waals surface area contributed by atoms with Crippen molar-refractivity contribution in [2.75, 3.05) is 0 Å². The molecule has 1 N–H and O–H groups in total. The van der Waals surface area contributed by atoms with Gasteiger partial charge in [-0.2, -0.15) is 0 Å². The molecule has 0 unspecified atom stereocenters. The second kappa shape index (κ2) is 4.37. The Labute approximate surface area is 98.7 Å². The molecule has 0 radical (unpaired) electrons. The van der Waals surface area contributed by atoms with Crippen LogP contribution >= 0.6 is 0 Å². The van der Waals surface area contributed by atoms with Gasteiger partial charge in [0.1, 0.15) is 0 Å². The Morgan fingerprint density at radius 1 is 1.12 bits per heavy atom. The number of hydrogen-bond donors (Lipinski definition) is 1. The van der Waals surface area contributed by atoms with Gasteiger partial charge in [-0.15, -0.1) is 0 Å². The lowest BCUT2D eigenvalue weighted by Crippen LogP contribution is -2.07. The molecule has 17 heavy (non-hydrogen) atoms. The van der Waals surface area contributed by atoms with Gasteiger partial charge in [-0.25, -0.2) is 0 Å². The average Bonchev–Trinajstić information content (AvgIpc) is 2.28. The summed E-state index contributed by atoms with van der Waals surface area (Å²) >= 11 is 0. The number of carbonyl (C=O) groups is 2. The minimum absolute atomic E-state index is 0.105. The second-order valence-corrected chi connectivity index (χ2v) is 3.94. The van der Waals surface area contributed by atoms with E-state index in [0.717, 1.165) is 10.8 Å². The van der Waals surface area contributed by atoms with Gasteiger partial charge in [0.2, 0.25) is 0 Å². The first kappa shape index (κ1) is 11.3. The zero-order chi connectivity index (χ0) is 12.4. The molecular weight excluding hydrogens is 216 g/mol. The quantitative estimate of drug-likeness (QED) is 0.822. The molecule has 3 heteroatoms. The van der Waals surface area contributed by atoms with Crippen molar-refractivity contribution in [1.29, 1.82) is 0 Å². The van der Waals surface area contributed by atoms with Crippen molar-refractivity contribution < 1.29 is 14.7 Å². The number of carboxylic acids is 1. The summed E-state index contributed by atoms with van der Waals surface area (Å²) in [5.74, 6) is -1.03. The maximum atomic E-state index is 11.5. The van der Waals surface area contributed by atoms with Gasteiger partial charge in [-0.1, -0.05) is 36.4 Å². The van der Waals surface area contributed by atoms with E-state index in [0.29, 0.717) is 11.1 Å². The van der Waals surface area contributed by atoms with E-state index in [4.69, 9.17) is 5.11 Å². The predicted molar refractivity (Wildman–Crippen MR) is 65.3 cm³/mol. The molecule has 2 aromatic rings. The van der Waals surface area contributed by atoms with Gasteiger partial charge in [-0.3, -0.25) is 9.59 Å². The van der Waals surface area contributed by atoms with E-state index in [1.165, 1.54) is 6.92 Å². The highest BCUT2D eigenvalue weighted by Crippen LogP contribution is 2.23. The molecule has 0 heterocycles. The number of Topliss-reactive ketones (excluding diaryl/α,β-unsaturated/α-hetero) is 1. The van der Waals surface area contributed by atoms with Crippen molar-refractivity contribution in [1.82, 2.24) is 0 Å². The van der Waals surface area contributed by atoms with Crippen molar-refractivity contribution in [3.8, 4) is 0 Å². The molecule has 0 fully saturated rings. The number of rotatable bonds is 3. The van der Waals surface area contributed by atoms with Crippen LogP contribution in [0.3, 0.4) is 0 Å². The lowest BCUT2D eigenvalue weighted by Gasteiger charge is -2.09. The highest BCUT2D eigenvalue weighted by molar-refractivity contribution is 6.02. The smallest absolute Gasteiger partial charge is 0.307 e. The van der Waals surface area contributed by atoms with Crippen molar-refractivity contribution >= 4 is 22.5 Å². The van der Waals surface area contributed by atoms with Crippen LogP contribution in [-0.4, -0.2) is 16.9 Å². The molecule has 0 spiro atoms. The normalized spacial score (nSPS) is 10.4. The molecule has 3 nitrogen and oxygen atoms in total. The molecule has 0 atom stereocenters. The first-order valence-electron chi connectivity index (χ1n) is 5.33. The summed E-state index contributed by atoms with van der Waals surface area (Å²) in [7, 11) is 0. The third-order valence-electron chi connectivity index (χ3n) is 2.75. The summed E-state index contributed by atoms with van der Waals surface area (Å²) in [5.41, 5.74) is 1.09. The summed E-state index contributed by atoms with van der Waals surface area (Å²) in [5, 5.41) is 10.7. The molecule has 0 aliphatic carbocycles. The lowest BCUT2D eigenvalue weighted by atomic mass is 9.95. The average molecular weight is 228 g/mol. The molecule has 0 aliphatic heterocycles. The zero-order valence-electron chi connectivity index (χ0n) is 9.43. The lowest BCUT2D eigenvalue weighted by molar-refractivity contribution is -0.136. The Morgan fingerprint density at radius 3 is 2.47 bits per heavy atom. The third-order valence-corrected chi connectivity index (χ3v) is 2.75. The summed E-state index contributed by atoms with van der Waals surface area (Å²) in [4.78, 5) is 22.4. The standard InChI is InChI=1S/C14H12O3/c1-9(15)11-7-6-10-4-2-3-5-12(10)13(11)8-14(16)17/h2-7H,8H2,1H3,(H,16,17). The highest BCUT2D eigenvalue weighted by Gasteiger charge is 2.13. The van der Waals surface area contributed by atoms with Crippen LogP contribution in [0.4, 0.5) is 0 Å². The predicted octanol–water partition coefficient (Wildman–Crippen LogP) is 2.67. The fraction of sp³-hybridized carbons (Fsp3) is 0.143. The van der Waals surface area contributed by atoms with Crippen LogP contribution in [-0.2, 0) is 11.2 Å². The maximum absolute atomic E-state index is 11.5. The number of fused-ring (bicyclic) bond motifs is 1. The van der Waals surface area contributed by atoms with Crippen molar-refractivity contribution in [2.24, 2.45) is 0 Å². The van der Waals surface area contributed by atoms with Gasteiger partial charge in [0.25, 0.3) is 0 Å². The molecule has 86 valence electrons. The molecule has 0 amide bonds. The van der Waals surface area contributed by atoms with Gasteiger partial charge in [0.15, 0.2) is 5.78 Å². The largest absolute Gasteiger partial charge is 0.481 e. The first-order chi connectivity index (χ1) is 8.09. The molecule has 2 rings (SSSR count). The van der Waals surface area contributed by atoms with Crippen LogP contribution in [0.15, 0.2) is 36.4 Å². The molecule has 0 saturated heterocycles. The van der Waals surface area contributed by atoms with Crippen LogP contribution in [0.1, 0.15) is 22.8 Å². The minimum Gasteiger partial charge on any atom is -0.481 e. The van der Waals surface area contributed by atoms with E-state index in [1.54, 1.807) is 6.07 Å². The van der Waals surface area contributed by atoms with Crippen molar-refractivity contribution in [3.63, 3.8) is 0 Å². The monoisotopic (exact) mass is 228 g/mol. The Balaban J connectivity index is 2.74. The molecule has 0 aromatic heterocycles. The number of carboxylic acid groups (broad SMARTS) is 1. The SMILES string of the molecule is CC(=O)c1ccc2ccccc2c1CC(=O)O. The summed E-state index contributed by atoms with van der Waals surface area (Å²) in [6, 6.07) is 11.0. The van der Waals surface area contributed by atoms with Gasteiger partial charge in [0, 0.05) is 5.56 Å². The molecule has 2 aromatic carbocycles. The fourth-order valence-electron chi connectivity index (χ4n) is 2.01.